The molecule has 0 unspecified atom stereocenters. The monoisotopic (exact) mass is 572 g/mol. The predicted molar refractivity (Wildman–Crippen MR) is 131 cm³/mol. The number of hydrogen-bond acceptors (Lipinski definition) is 6. The third-order valence-corrected chi connectivity index (χ3v) is 7.02. The average Bonchev–Trinajstić information content (AvgIpc) is 3.65. The number of nitrogens with one attached hydrogen (secondary N) is 2. The maximum absolute atomic E-state index is 13.3. The van der Waals surface area contributed by atoms with Crippen LogP contribution >= 0.6 is 0 Å². The Balaban J connectivity index is 1.19. The molecule has 216 valence electrons. The molecule has 3 aromatic heterocycles. The van der Waals surface area contributed by atoms with Gasteiger partial charge in [0.2, 0.25) is 5.91 Å². The highest BCUT2D eigenvalue weighted by atomic mass is 19.4. The second-order valence-corrected chi connectivity index (χ2v) is 10.1. The Bertz CT molecular complexity index is 1480. The Morgan fingerprint density at radius 3 is 2.60 bits per heavy atom. The molecule has 1 fully saturated rings. The molecule has 1 aliphatic heterocycles. The number of aromatic amines is 1. The third-order valence-electron chi connectivity index (χ3n) is 7.02. The number of anilines is 1. The molecule has 0 radical (unpaired) electrons. The number of amides is 1. The lowest BCUT2D eigenvalue weighted by Gasteiger charge is -2.29. The van der Waals surface area contributed by atoms with Crippen LogP contribution in [0.4, 0.5) is 32.0 Å². The summed E-state index contributed by atoms with van der Waals surface area (Å²) < 4.78 is 87.0. The number of rotatable bonds is 8. The first kappa shape index (κ1) is 27.9. The highest BCUT2D eigenvalue weighted by Crippen LogP contribution is 2.47. The van der Waals surface area contributed by atoms with Crippen molar-refractivity contribution in [3.63, 3.8) is 0 Å². The molecular weight excluding hydrogens is 546 g/mol. The van der Waals surface area contributed by atoms with Gasteiger partial charge in [0.15, 0.2) is 0 Å². The molecule has 2 N–H and O–H groups in total. The fourth-order valence-electron chi connectivity index (χ4n) is 5.06. The van der Waals surface area contributed by atoms with Gasteiger partial charge >= 0.3 is 12.4 Å². The molecule has 9 nitrogen and oxygen atoms in total. The molecule has 0 spiro atoms. The molecule has 40 heavy (non-hydrogen) atoms. The fraction of sp³-hybridized carbons (Fsp3) is 0.520. The molecule has 1 aliphatic carbocycles. The first-order chi connectivity index (χ1) is 18.8. The molecule has 2 aliphatic rings. The number of H-pyrrole nitrogens is 1. The van der Waals surface area contributed by atoms with Gasteiger partial charge in [0, 0.05) is 36.4 Å². The summed E-state index contributed by atoms with van der Waals surface area (Å²) in [6, 6.07) is 0.524. The molecule has 3 aromatic rings. The number of ether oxygens (including phenoxy) is 1. The molecule has 1 amide bonds. The minimum Gasteiger partial charge on any atom is -0.379 e. The van der Waals surface area contributed by atoms with Gasteiger partial charge in [-0.3, -0.25) is 9.59 Å². The number of fused-ring (bicyclic) bond motifs is 3. The van der Waals surface area contributed by atoms with E-state index in [2.05, 4.69) is 15.4 Å². The number of nitrogens with zero attached hydrogens (tertiary/aromatic N) is 4. The Labute approximate surface area is 223 Å². The van der Waals surface area contributed by atoms with Crippen LogP contribution in [0.5, 0.6) is 0 Å². The number of carbonyl (C=O) groups excluding carboxylic acids is 1. The van der Waals surface area contributed by atoms with E-state index in [0.29, 0.717) is 24.1 Å². The van der Waals surface area contributed by atoms with Crippen LogP contribution in [0.1, 0.15) is 54.5 Å². The average molecular weight is 573 g/mol. The van der Waals surface area contributed by atoms with E-state index in [1.807, 2.05) is 4.57 Å². The third kappa shape index (κ3) is 5.64. The normalized spacial score (nSPS) is 16.7. The Hall–Kier alpha value is -3.62. The van der Waals surface area contributed by atoms with Crippen molar-refractivity contribution in [2.45, 2.75) is 63.6 Å². The maximum atomic E-state index is 13.3. The quantitative estimate of drug-likeness (QED) is 0.309. The Kier molecular flexibility index (Phi) is 7.27. The van der Waals surface area contributed by atoms with Gasteiger partial charge in [0.05, 0.1) is 43.6 Å². The van der Waals surface area contributed by atoms with E-state index < -0.39 is 40.8 Å². The minimum absolute atomic E-state index is 0.00999. The number of halogens is 6. The highest BCUT2D eigenvalue weighted by Gasteiger charge is 2.38. The molecule has 4 heterocycles. The molecule has 1 atom stereocenters. The number of alkyl halides is 6. The van der Waals surface area contributed by atoms with Crippen molar-refractivity contribution in [2.75, 3.05) is 25.1 Å². The van der Waals surface area contributed by atoms with Gasteiger partial charge in [0.25, 0.3) is 5.56 Å². The molecular formula is C25H26F6N6O3. The van der Waals surface area contributed by atoms with Crippen LogP contribution in [-0.2, 0) is 35.0 Å². The van der Waals surface area contributed by atoms with E-state index in [4.69, 9.17) is 4.74 Å². The summed E-state index contributed by atoms with van der Waals surface area (Å²) in [6.45, 7) is 2.54. The summed E-state index contributed by atoms with van der Waals surface area (Å²) in [5.74, 6) is -0.0642. The molecule has 1 saturated carbocycles. The summed E-state index contributed by atoms with van der Waals surface area (Å²) >= 11 is 0. The van der Waals surface area contributed by atoms with Crippen molar-refractivity contribution in [3.05, 3.63) is 51.2 Å². The summed E-state index contributed by atoms with van der Waals surface area (Å²) in [4.78, 5) is 30.3. The second kappa shape index (κ2) is 10.4. The standard InChI is InChI=1S/C25H26F6N6O3/c1-13(34-17-10-33-35-23(39)21(17)25(29,30)31)12-40-7-4-19(38)36-5-6-37-18(11-36)20(14-2-3-14)16-8-15(24(26,27)28)9-32-22(16)37/h8-10,13-14H,2-7,11-12H2,1H3,(H2,34,35,39)/t13-/m0/s1. The van der Waals surface area contributed by atoms with Crippen molar-refractivity contribution in [1.82, 2.24) is 24.6 Å². The number of pyridine rings is 1. The zero-order chi connectivity index (χ0) is 28.8. The summed E-state index contributed by atoms with van der Waals surface area (Å²) in [6.07, 6.45) is -5.91. The summed E-state index contributed by atoms with van der Waals surface area (Å²) in [5, 5.41) is 8.21. The van der Waals surface area contributed by atoms with Crippen molar-refractivity contribution < 1.29 is 35.9 Å². The van der Waals surface area contributed by atoms with Gasteiger partial charge in [0.1, 0.15) is 11.2 Å². The van der Waals surface area contributed by atoms with E-state index in [9.17, 15) is 35.9 Å². The second-order valence-electron chi connectivity index (χ2n) is 10.1. The first-order valence-corrected chi connectivity index (χ1v) is 12.7. The van der Waals surface area contributed by atoms with Crippen LogP contribution in [0.25, 0.3) is 11.0 Å². The molecule has 5 rings (SSSR count). The minimum atomic E-state index is -4.87. The van der Waals surface area contributed by atoms with Crippen LogP contribution in [0.3, 0.4) is 0 Å². The predicted octanol–water partition coefficient (Wildman–Crippen LogP) is 4.28. The largest absolute Gasteiger partial charge is 0.423 e. The molecule has 0 bridgehead atoms. The van der Waals surface area contributed by atoms with E-state index in [0.717, 1.165) is 42.6 Å². The van der Waals surface area contributed by atoms with Crippen molar-refractivity contribution in [2.24, 2.45) is 0 Å². The lowest BCUT2D eigenvalue weighted by molar-refractivity contribution is -0.138. The van der Waals surface area contributed by atoms with Crippen molar-refractivity contribution in [1.29, 1.82) is 0 Å². The van der Waals surface area contributed by atoms with Crippen LogP contribution < -0.4 is 10.9 Å². The van der Waals surface area contributed by atoms with Gasteiger partial charge in [-0.1, -0.05) is 0 Å². The first-order valence-electron chi connectivity index (χ1n) is 12.7. The fourth-order valence-corrected chi connectivity index (χ4v) is 5.06. The van der Waals surface area contributed by atoms with E-state index in [1.54, 1.807) is 16.9 Å². The van der Waals surface area contributed by atoms with Gasteiger partial charge in [-0.05, 0) is 37.3 Å². The van der Waals surface area contributed by atoms with Crippen LogP contribution in [-0.4, -0.2) is 56.4 Å². The van der Waals surface area contributed by atoms with Crippen LogP contribution in [0.15, 0.2) is 23.3 Å². The Morgan fingerprint density at radius 1 is 1.18 bits per heavy atom. The van der Waals surface area contributed by atoms with Gasteiger partial charge in [-0.25, -0.2) is 10.1 Å². The topological polar surface area (TPSA) is 105 Å². The zero-order valence-electron chi connectivity index (χ0n) is 21.3. The van der Waals surface area contributed by atoms with Crippen LogP contribution in [0, 0.1) is 0 Å². The number of carbonyl (C=O) groups is 1. The van der Waals surface area contributed by atoms with Crippen LogP contribution in [0.2, 0.25) is 0 Å². The van der Waals surface area contributed by atoms with Crippen molar-refractivity contribution >= 4 is 22.6 Å². The number of aromatic nitrogens is 4. The van der Waals surface area contributed by atoms with Gasteiger partial charge in [-0.2, -0.15) is 31.4 Å². The molecule has 0 aromatic carbocycles. The van der Waals surface area contributed by atoms with E-state index in [1.165, 1.54) is 0 Å². The van der Waals surface area contributed by atoms with Crippen molar-refractivity contribution in [3.8, 4) is 0 Å². The smallest absolute Gasteiger partial charge is 0.379 e. The number of hydrogen-bond donors (Lipinski definition) is 2. The van der Waals surface area contributed by atoms with E-state index in [-0.39, 0.29) is 38.0 Å². The lowest BCUT2D eigenvalue weighted by atomic mass is 10.0. The highest BCUT2D eigenvalue weighted by molar-refractivity contribution is 5.85. The summed E-state index contributed by atoms with van der Waals surface area (Å²) in [7, 11) is 0. The molecule has 15 heteroatoms. The van der Waals surface area contributed by atoms with Gasteiger partial charge in [-0.15, -0.1) is 0 Å². The summed E-state index contributed by atoms with van der Waals surface area (Å²) in [5.41, 5.74) is -1.91. The van der Waals surface area contributed by atoms with Gasteiger partial charge < -0.3 is 19.5 Å². The SMILES string of the molecule is C[C@@H](COCCC(=O)N1CCn2c(c(C3CC3)c3cc(C(F)(F)F)cnc32)C1)Nc1cn[nH]c(=O)c1C(F)(F)F. The zero-order valence-corrected chi connectivity index (χ0v) is 21.3. The molecule has 0 saturated heterocycles. The Morgan fingerprint density at radius 2 is 1.93 bits per heavy atom. The van der Waals surface area contributed by atoms with E-state index >= 15 is 0 Å². The maximum Gasteiger partial charge on any atom is 0.423 e. The lowest BCUT2D eigenvalue weighted by Crippen LogP contribution is -2.39.